The van der Waals surface area contributed by atoms with Crippen LogP contribution in [0.2, 0.25) is 0 Å². The number of benzene rings is 2. The number of rotatable bonds is 3. The maximum atomic E-state index is 4.77. The van der Waals surface area contributed by atoms with Crippen molar-refractivity contribution in [1.29, 1.82) is 0 Å². The fourth-order valence-corrected chi connectivity index (χ4v) is 4.26. The second-order valence-electron chi connectivity index (χ2n) is 5.71. The molecule has 0 saturated heterocycles. The normalized spacial score (nSPS) is 20.3. The van der Waals surface area contributed by atoms with E-state index in [-0.39, 0.29) is 0 Å². The first-order chi connectivity index (χ1) is 10.8. The molecule has 110 valence electrons. The molecule has 0 bridgehead atoms. The quantitative estimate of drug-likeness (QED) is 0.835. The van der Waals surface area contributed by atoms with Crippen molar-refractivity contribution in [2.75, 3.05) is 6.54 Å². The van der Waals surface area contributed by atoms with Crippen molar-refractivity contribution in [2.24, 2.45) is 4.99 Å². The molecule has 0 saturated carbocycles. The van der Waals surface area contributed by atoms with Crippen LogP contribution in [0.3, 0.4) is 0 Å². The molecular formula is C19H18N2S. The zero-order valence-electron chi connectivity index (χ0n) is 12.6. The van der Waals surface area contributed by atoms with E-state index >= 15 is 0 Å². The van der Waals surface area contributed by atoms with Crippen molar-refractivity contribution in [3.8, 4) is 0 Å². The van der Waals surface area contributed by atoms with Gasteiger partial charge in [0.25, 0.3) is 0 Å². The first-order valence-corrected chi connectivity index (χ1v) is 8.46. The Labute approximate surface area is 135 Å². The van der Waals surface area contributed by atoms with Crippen molar-refractivity contribution in [3.63, 3.8) is 0 Å². The van der Waals surface area contributed by atoms with Crippen LogP contribution in [0.5, 0.6) is 0 Å². The first kappa shape index (κ1) is 13.6. The number of fused-ring (bicyclic) bond motifs is 1. The zero-order valence-corrected chi connectivity index (χ0v) is 13.4. The lowest BCUT2D eigenvalue weighted by Gasteiger charge is -2.26. The maximum Gasteiger partial charge on any atom is 0.168 e. The van der Waals surface area contributed by atoms with E-state index in [1.165, 1.54) is 21.7 Å². The third-order valence-electron chi connectivity index (χ3n) is 4.19. The van der Waals surface area contributed by atoms with Crippen LogP contribution in [0.25, 0.3) is 5.70 Å². The Kier molecular flexibility index (Phi) is 3.51. The van der Waals surface area contributed by atoms with Gasteiger partial charge in [0.2, 0.25) is 0 Å². The summed E-state index contributed by atoms with van der Waals surface area (Å²) in [7, 11) is 0. The smallest absolute Gasteiger partial charge is 0.168 e. The van der Waals surface area contributed by atoms with Gasteiger partial charge >= 0.3 is 0 Å². The van der Waals surface area contributed by atoms with E-state index in [2.05, 4.69) is 72.5 Å². The molecule has 3 heteroatoms. The number of nitrogens with zero attached hydrogens (tertiary/aromatic N) is 2. The van der Waals surface area contributed by atoms with Crippen LogP contribution in [-0.4, -0.2) is 22.7 Å². The summed E-state index contributed by atoms with van der Waals surface area (Å²) in [5.41, 5.74) is 4.01. The molecule has 0 N–H and O–H groups in total. The highest BCUT2D eigenvalue weighted by molar-refractivity contribution is 8.17. The van der Waals surface area contributed by atoms with Gasteiger partial charge in [-0.05, 0) is 24.5 Å². The van der Waals surface area contributed by atoms with Crippen LogP contribution in [0.15, 0.2) is 70.6 Å². The van der Waals surface area contributed by atoms with Gasteiger partial charge in [0, 0.05) is 4.91 Å². The van der Waals surface area contributed by atoms with Gasteiger partial charge in [0.15, 0.2) is 5.17 Å². The summed E-state index contributed by atoms with van der Waals surface area (Å²) in [5.74, 6) is 0. The lowest BCUT2D eigenvalue weighted by molar-refractivity contribution is 0.461. The Morgan fingerprint density at radius 2 is 1.73 bits per heavy atom. The predicted octanol–water partition coefficient (Wildman–Crippen LogP) is 4.40. The Hall–Kier alpha value is -2.00. The average Bonchev–Trinajstić information content (AvgIpc) is 3.08. The standard InChI is InChI=1S/C19H18N2S/c1-14-18(16-10-6-3-7-11-16)21-17(13-20-19(21)22-14)12-15-8-4-2-5-9-15/h2-11,17H,12-13H2,1H3/t17-/m1/s1. The van der Waals surface area contributed by atoms with Crippen molar-refractivity contribution >= 4 is 22.6 Å². The van der Waals surface area contributed by atoms with Gasteiger partial charge in [-0.15, -0.1) is 0 Å². The van der Waals surface area contributed by atoms with Crippen LogP contribution >= 0.6 is 11.8 Å². The largest absolute Gasteiger partial charge is 0.314 e. The maximum absolute atomic E-state index is 4.77. The fraction of sp³-hybridized carbons (Fsp3) is 0.211. The van der Waals surface area contributed by atoms with E-state index in [9.17, 15) is 0 Å². The molecule has 0 aliphatic carbocycles. The third-order valence-corrected chi connectivity index (χ3v) is 5.20. The second-order valence-corrected chi connectivity index (χ2v) is 6.89. The molecule has 4 rings (SSSR count). The lowest BCUT2D eigenvalue weighted by Crippen LogP contribution is -2.33. The zero-order chi connectivity index (χ0) is 14.9. The summed E-state index contributed by atoms with van der Waals surface area (Å²) in [6.45, 7) is 3.09. The minimum Gasteiger partial charge on any atom is -0.314 e. The molecule has 2 nitrogen and oxygen atoms in total. The molecule has 2 heterocycles. The SMILES string of the molecule is CC1=C(c2ccccc2)N2C(=NC[C@H]2Cc2ccccc2)S1. The Balaban J connectivity index is 1.65. The molecule has 1 atom stereocenters. The van der Waals surface area contributed by atoms with Gasteiger partial charge in [-0.1, -0.05) is 72.4 Å². The molecule has 0 fully saturated rings. The highest BCUT2D eigenvalue weighted by atomic mass is 32.2. The van der Waals surface area contributed by atoms with Gasteiger partial charge in [0.05, 0.1) is 18.3 Å². The fourth-order valence-electron chi connectivity index (χ4n) is 3.19. The lowest BCUT2D eigenvalue weighted by atomic mass is 10.0. The molecule has 0 unspecified atom stereocenters. The van der Waals surface area contributed by atoms with Gasteiger partial charge in [0.1, 0.15) is 0 Å². The average molecular weight is 306 g/mol. The second kappa shape index (κ2) is 5.65. The molecule has 2 aromatic rings. The van der Waals surface area contributed by atoms with Gasteiger partial charge in [-0.25, -0.2) is 0 Å². The van der Waals surface area contributed by atoms with Crippen molar-refractivity contribution < 1.29 is 0 Å². The van der Waals surface area contributed by atoms with E-state index in [0.29, 0.717) is 6.04 Å². The highest BCUT2D eigenvalue weighted by Crippen LogP contribution is 2.43. The number of hydrogen-bond acceptors (Lipinski definition) is 3. The van der Waals surface area contributed by atoms with Gasteiger partial charge in [-0.3, -0.25) is 4.99 Å². The van der Waals surface area contributed by atoms with E-state index in [4.69, 9.17) is 4.99 Å². The van der Waals surface area contributed by atoms with Crippen molar-refractivity contribution in [3.05, 3.63) is 76.7 Å². The molecule has 0 aromatic heterocycles. The minimum atomic E-state index is 0.428. The molecule has 2 aliphatic heterocycles. The number of hydrogen-bond donors (Lipinski definition) is 0. The predicted molar refractivity (Wildman–Crippen MR) is 94.7 cm³/mol. The Bertz CT molecular complexity index is 735. The molecule has 22 heavy (non-hydrogen) atoms. The van der Waals surface area contributed by atoms with Gasteiger partial charge < -0.3 is 4.90 Å². The molecule has 0 radical (unpaired) electrons. The number of allylic oxidation sites excluding steroid dienone is 1. The van der Waals surface area contributed by atoms with E-state index < -0.39 is 0 Å². The van der Waals surface area contributed by atoms with E-state index in [0.717, 1.165) is 18.1 Å². The summed E-state index contributed by atoms with van der Waals surface area (Å²) in [6, 6.07) is 21.8. The summed E-state index contributed by atoms with van der Waals surface area (Å²) < 4.78 is 0. The third kappa shape index (κ3) is 2.35. The topological polar surface area (TPSA) is 15.6 Å². The molecule has 0 amide bonds. The Morgan fingerprint density at radius 3 is 2.45 bits per heavy atom. The number of thioether (sulfide) groups is 1. The summed E-state index contributed by atoms with van der Waals surface area (Å²) >= 11 is 1.81. The van der Waals surface area contributed by atoms with Crippen LogP contribution in [-0.2, 0) is 6.42 Å². The molecule has 2 aliphatic rings. The monoisotopic (exact) mass is 306 g/mol. The minimum absolute atomic E-state index is 0.428. The van der Waals surface area contributed by atoms with E-state index in [1.807, 2.05) is 11.8 Å². The summed E-state index contributed by atoms with van der Waals surface area (Å²) in [6.07, 6.45) is 1.04. The number of aliphatic imine (C=N–C) groups is 1. The summed E-state index contributed by atoms with van der Waals surface area (Å²) in [5, 5.41) is 1.16. The van der Waals surface area contributed by atoms with Crippen molar-refractivity contribution in [1.82, 2.24) is 4.90 Å². The Morgan fingerprint density at radius 1 is 1.05 bits per heavy atom. The van der Waals surface area contributed by atoms with Gasteiger partial charge in [-0.2, -0.15) is 0 Å². The van der Waals surface area contributed by atoms with Crippen LogP contribution in [0.4, 0.5) is 0 Å². The molecule has 0 spiro atoms. The number of amidine groups is 1. The first-order valence-electron chi connectivity index (χ1n) is 7.64. The molecular weight excluding hydrogens is 288 g/mol. The van der Waals surface area contributed by atoms with Crippen LogP contribution in [0.1, 0.15) is 18.1 Å². The highest BCUT2D eigenvalue weighted by Gasteiger charge is 2.37. The summed E-state index contributed by atoms with van der Waals surface area (Å²) in [4.78, 5) is 8.56. The molecule has 2 aromatic carbocycles. The van der Waals surface area contributed by atoms with Crippen LogP contribution in [0, 0.1) is 0 Å². The van der Waals surface area contributed by atoms with Crippen LogP contribution < -0.4 is 0 Å². The van der Waals surface area contributed by atoms with Crippen molar-refractivity contribution in [2.45, 2.75) is 19.4 Å². The van der Waals surface area contributed by atoms with E-state index in [1.54, 1.807) is 0 Å².